The predicted octanol–water partition coefficient (Wildman–Crippen LogP) is 4.70. The second-order valence-electron chi connectivity index (χ2n) is 8.74. The van der Waals surface area contributed by atoms with Crippen molar-refractivity contribution in [1.82, 2.24) is 0 Å². The molecule has 0 radical (unpaired) electrons. The number of piperidine rings is 1. The van der Waals surface area contributed by atoms with Crippen molar-refractivity contribution in [1.29, 1.82) is 0 Å². The van der Waals surface area contributed by atoms with E-state index in [4.69, 9.17) is 4.74 Å². The molecular weight excluding hydrogens is 282 g/mol. The Bertz CT molecular complexity index is 564. The maximum absolute atomic E-state index is 5.96. The van der Waals surface area contributed by atoms with E-state index in [1.165, 1.54) is 37.2 Å². The van der Waals surface area contributed by atoms with Crippen molar-refractivity contribution >= 4 is 5.69 Å². The zero-order valence-corrected chi connectivity index (χ0v) is 15.1. The van der Waals surface area contributed by atoms with Gasteiger partial charge in [0, 0.05) is 31.3 Å². The largest absolute Gasteiger partial charge is 0.377 e. The fraction of sp³-hybridized carbons (Fsp3) is 0.714. The quantitative estimate of drug-likeness (QED) is 0.799. The van der Waals surface area contributed by atoms with Crippen LogP contribution in [0, 0.1) is 23.2 Å². The molecule has 0 spiro atoms. The Morgan fingerprint density at radius 1 is 1.13 bits per heavy atom. The lowest BCUT2D eigenvalue weighted by Gasteiger charge is -2.26. The van der Waals surface area contributed by atoms with Gasteiger partial charge < -0.3 is 9.64 Å². The fourth-order valence-corrected chi connectivity index (χ4v) is 5.17. The van der Waals surface area contributed by atoms with Gasteiger partial charge in [0.2, 0.25) is 0 Å². The van der Waals surface area contributed by atoms with Gasteiger partial charge in [-0.1, -0.05) is 39.8 Å². The highest BCUT2D eigenvalue weighted by atomic mass is 16.5. The number of fused-ring (bicyclic) bond motifs is 1. The number of anilines is 1. The van der Waals surface area contributed by atoms with Gasteiger partial charge in [0.15, 0.2) is 0 Å². The molecule has 0 N–H and O–H groups in total. The molecule has 0 amide bonds. The van der Waals surface area contributed by atoms with Crippen LogP contribution >= 0.6 is 0 Å². The van der Waals surface area contributed by atoms with Gasteiger partial charge in [-0.3, -0.25) is 0 Å². The number of rotatable bonds is 4. The molecule has 3 aliphatic rings. The van der Waals surface area contributed by atoms with Crippen molar-refractivity contribution < 1.29 is 4.74 Å². The summed E-state index contributed by atoms with van der Waals surface area (Å²) in [5.41, 5.74) is 3.51. The molecule has 2 nitrogen and oxygen atoms in total. The number of nitrogens with zero attached hydrogens (tertiary/aromatic N) is 1. The van der Waals surface area contributed by atoms with E-state index in [-0.39, 0.29) is 0 Å². The van der Waals surface area contributed by atoms with Crippen LogP contribution in [0.3, 0.4) is 0 Å². The molecule has 1 saturated carbocycles. The van der Waals surface area contributed by atoms with Crippen molar-refractivity contribution in [2.45, 2.75) is 52.6 Å². The maximum Gasteiger partial charge on any atom is 0.0667 e. The van der Waals surface area contributed by atoms with Crippen LogP contribution in [0.15, 0.2) is 24.3 Å². The van der Waals surface area contributed by atoms with E-state index in [9.17, 15) is 0 Å². The fourth-order valence-electron chi connectivity index (χ4n) is 5.17. The highest BCUT2D eigenvalue weighted by Gasteiger charge is 2.61. The van der Waals surface area contributed by atoms with Gasteiger partial charge in [-0.25, -0.2) is 0 Å². The Balaban J connectivity index is 1.47. The number of hydrogen-bond acceptors (Lipinski definition) is 2. The summed E-state index contributed by atoms with van der Waals surface area (Å²) in [5.74, 6) is 2.94. The molecule has 4 unspecified atom stereocenters. The van der Waals surface area contributed by atoms with Crippen molar-refractivity contribution in [3.63, 3.8) is 0 Å². The van der Waals surface area contributed by atoms with Crippen molar-refractivity contribution in [2.24, 2.45) is 23.2 Å². The summed E-state index contributed by atoms with van der Waals surface area (Å²) in [6.45, 7) is 12.8. The van der Waals surface area contributed by atoms with E-state index in [0.29, 0.717) is 23.4 Å². The van der Waals surface area contributed by atoms with Crippen LogP contribution in [0.4, 0.5) is 5.69 Å². The highest BCUT2D eigenvalue weighted by molar-refractivity contribution is 5.51. The summed E-state index contributed by atoms with van der Waals surface area (Å²) < 4.78 is 5.96. The molecule has 2 saturated heterocycles. The predicted molar refractivity (Wildman–Crippen MR) is 96.0 cm³/mol. The highest BCUT2D eigenvalue weighted by Crippen LogP contribution is 2.62. The summed E-state index contributed by atoms with van der Waals surface area (Å²) in [7, 11) is 0. The molecule has 4 rings (SSSR count). The monoisotopic (exact) mass is 313 g/mol. The molecule has 3 fully saturated rings. The zero-order valence-electron chi connectivity index (χ0n) is 15.1. The standard InChI is InChI=1S/C21H31NO/c1-14(2)20-19(9-10-23-20)16-5-7-18(8-6-16)22-12-17-11-21(17,13-22)15(3)4/h5-8,14-15,17,19-20H,9-13H2,1-4H3. The van der Waals surface area contributed by atoms with Crippen molar-refractivity contribution in [3.05, 3.63) is 29.8 Å². The molecule has 126 valence electrons. The molecule has 2 aliphatic heterocycles. The Kier molecular flexibility index (Phi) is 3.72. The lowest BCUT2D eigenvalue weighted by atomic mass is 9.87. The lowest BCUT2D eigenvalue weighted by molar-refractivity contribution is 0.0677. The summed E-state index contributed by atoms with van der Waals surface area (Å²) in [4.78, 5) is 2.61. The van der Waals surface area contributed by atoms with Crippen LogP contribution < -0.4 is 4.90 Å². The third kappa shape index (κ3) is 2.50. The Morgan fingerprint density at radius 3 is 2.48 bits per heavy atom. The van der Waals surface area contributed by atoms with Crippen LogP contribution in [-0.4, -0.2) is 25.8 Å². The minimum Gasteiger partial charge on any atom is -0.377 e. The van der Waals surface area contributed by atoms with E-state index in [1.54, 1.807) is 0 Å². The average molecular weight is 313 g/mol. The number of hydrogen-bond donors (Lipinski definition) is 0. The second-order valence-corrected chi connectivity index (χ2v) is 8.74. The summed E-state index contributed by atoms with van der Waals surface area (Å²) in [6, 6.07) is 9.42. The first-order chi connectivity index (χ1) is 11.0. The van der Waals surface area contributed by atoms with Gasteiger partial charge in [0.1, 0.15) is 0 Å². The van der Waals surface area contributed by atoms with Crippen LogP contribution in [-0.2, 0) is 4.74 Å². The molecule has 1 aliphatic carbocycles. The Labute approximate surface area is 141 Å². The maximum atomic E-state index is 5.96. The molecule has 1 aromatic rings. The third-order valence-corrected chi connectivity index (χ3v) is 6.83. The zero-order chi connectivity index (χ0) is 16.2. The van der Waals surface area contributed by atoms with Gasteiger partial charge in [-0.05, 0) is 53.7 Å². The summed E-state index contributed by atoms with van der Waals surface area (Å²) >= 11 is 0. The van der Waals surface area contributed by atoms with E-state index in [2.05, 4.69) is 56.9 Å². The third-order valence-electron chi connectivity index (χ3n) is 6.83. The number of ether oxygens (including phenoxy) is 1. The molecule has 2 heterocycles. The van der Waals surface area contributed by atoms with Crippen molar-refractivity contribution in [3.8, 4) is 0 Å². The van der Waals surface area contributed by atoms with E-state index in [1.807, 2.05) is 0 Å². The SMILES string of the molecule is CC(C)C1OCCC1c1ccc(N2CC3CC3(C(C)C)C2)cc1. The van der Waals surface area contributed by atoms with Gasteiger partial charge >= 0.3 is 0 Å². The van der Waals surface area contributed by atoms with E-state index in [0.717, 1.165) is 18.4 Å². The van der Waals surface area contributed by atoms with Gasteiger partial charge in [0.25, 0.3) is 0 Å². The van der Waals surface area contributed by atoms with Gasteiger partial charge in [0.05, 0.1) is 6.10 Å². The lowest BCUT2D eigenvalue weighted by Crippen LogP contribution is -2.26. The van der Waals surface area contributed by atoms with Crippen LogP contribution in [0.1, 0.15) is 52.0 Å². The average Bonchev–Trinajstić information content (AvgIpc) is 2.92. The minimum absolute atomic E-state index is 0.393. The van der Waals surface area contributed by atoms with E-state index < -0.39 is 0 Å². The first-order valence-corrected chi connectivity index (χ1v) is 9.48. The summed E-state index contributed by atoms with van der Waals surface area (Å²) in [6.07, 6.45) is 3.02. The summed E-state index contributed by atoms with van der Waals surface area (Å²) in [5, 5.41) is 0. The topological polar surface area (TPSA) is 12.5 Å². The normalized spacial score (nSPS) is 36.1. The molecular formula is C21H31NO. The first-order valence-electron chi connectivity index (χ1n) is 9.48. The van der Waals surface area contributed by atoms with Gasteiger partial charge in [-0.2, -0.15) is 0 Å². The van der Waals surface area contributed by atoms with Crippen LogP contribution in [0.2, 0.25) is 0 Å². The molecule has 0 bridgehead atoms. The Hall–Kier alpha value is -1.02. The Morgan fingerprint density at radius 2 is 1.87 bits per heavy atom. The molecule has 0 aromatic heterocycles. The van der Waals surface area contributed by atoms with Crippen molar-refractivity contribution in [2.75, 3.05) is 24.6 Å². The van der Waals surface area contributed by atoms with Gasteiger partial charge in [-0.15, -0.1) is 0 Å². The van der Waals surface area contributed by atoms with Crippen LogP contribution in [0.5, 0.6) is 0 Å². The molecule has 23 heavy (non-hydrogen) atoms. The second kappa shape index (κ2) is 5.51. The molecule has 2 heteroatoms. The molecule has 1 aromatic carbocycles. The minimum atomic E-state index is 0.393. The smallest absolute Gasteiger partial charge is 0.0667 e. The van der Waals surface area contributed by atoms with E-state index >= 15 is 0 Å². The number of benzene rings is 1. The van der Waals surface area contributed by atoms with Crippen LogP contribution in [0.25, 0.3) is 0 Å². The first kappa shape index (κ1) is 15.5. The molecule has 4 atom stereocenters.